The van der Waals surface area contributed by atoms with E-state index in [1.807, 2.05) is 18.4 Å². The van der Waals surface area contributed by atoms with Gasteiger partial charge in [0.2, 0.25) is 0 Å². The predicted molar refractivity (Wildman–Crippen MR) is 62.7 cm³/mol. The summed E-state index contributed by atoms with van der Waals surface area (Å²) in [6.45, 7) is 6.53. The number of rotatable bonds is 3. The van der Waals surface area contributed by atoms with E-state index >= 15 is 0 Å². The largest absolute Gasteiger partial charge is 0.314 e. The number of piperazine rings is 1. The lowest BCUT2D eigenvalue weighted by atomic mass is 10.2. The summed E-state index contributed by atoms with van der Waals surface area (Å²) in [5.41, 5.74) is 1.11. The summed E-state index contributed by atoms with van der Waals surface area (Å²) in [5, 5.41) is 5.27. The van der Waals surface area contributed by atoms with Crippen LogP contribution < -0.4 is 5.32 Å². The number of Topliss-reactive ketones (excluding diaryl/α,β-unsaturated/α-hetero) is 1. The number of ketones is 1. The minimum absolute atomic E-state index is 0.268. The Morgan fingerprint density at radius 3 is 2.87 bits per heavy atom. The summed E-state index contributed by atoms with van der Waals surface area (Å²) in [4.78, 5) is 15.1. The van der Waals surface area contributed by atoms with E-state index in [1.165, 1.54) is 0 Å². The molecule has 0 spiro atoms. The second-order valence-corrected chi connectivity index (χ2v) is 4.80. The van der Waals surface area contributed by atoms with Crippen LogP contribution in [0.15, 0.2) is 11.4 Å². The highest BCUT2D eigenvalue weighted by molar-refractivity contribution is 7.12. The minimum Gasteiger partial charge on any atom is -0.314 e. The van der Waals surface area contributed by atoms with Crippen LogP contribution >= 0.6 is 11.3 Å². The van der Waals surface area contributed by atoms with Crippen molar-refractivity contribution in [3.05, 3.63) is 21.9 Å². The molecule has 0 atom stereocenters. The van der Waals surface area contributed by atoms with Crippen molar-refractivity contribution >= 4 is 17.1 Å². The Balaban J connectivity index is 1.94. The first kappa shape index (κ1) is 10.8. The maximum Gasteiger partial charge on any atom is 0.186 e. The van der Waals surface area contributed by atoms with Crippen LogP contribution in [0.25, 0.3) is 0 Å². The van der Waals surface area contributed by atoms with Crippen LogP contribution in [0.1, 0.15) is 15.2 Å². The predicted octanol–water partition coefficient (Wildman–Crippen LogP) is 1.14. The van der Waals surface area contributed by atoms with Gasteiger partial charge in [-0.15, -0.1) is 11.3 Å². The Bertz CT molecular complexity index is 342. The zero-order valence-electron chi connectivity index (χ0n) is 8.95. The number of hydrogen-bond donors (Lipinski definition) is 1. The smallest absolute Gasteiger partial charge is 0.186 e. The molecule has 1 fully saturated rings. The number of carbonyl (C=O) groups is 1. The molecule has 1 aromatic heterocycles. The molecule has 0 saturated carbocycles. The van der Waals surface area contributed by atoms with E-state index in [0.717, 1.165) is 36.6 Å². The average Bonchev–Trinajstić information content (AvgIpc) is 2.66. The van der Waals surface area contributed by atoms with Crippen LogP contribution in [0.5, 0.6) is 0 Å². The molecule has 0 amide bonds. The highest BCUT2D eigenvalue weighted by Gasteiger charge is 2.16. The zero-order chi connectivity index (χ0) is 10.7. The highest BCUT2D eigenvalue weighted by Crippen LogP contribution is 2.16. The van der Waals surface area contributed by atoms with E-state index < -0.39 is 0 Å². The standard InChI is InChI=1S/C11H16N2OS/c1-9-2-7-15-11(9)10(14)8-13-5-3-12-4-6-13/h2,7,12H,3-6,8H2,1H3. The van der Waals surface area contributed by atoms with Gasteiger partial charge in [-0.05, 0) is 23.9 Å². The van der Waals surface area contributed by atoms with E-state index in [0.29, 0.717) is 6.54 Å². The molecule has 1 N–H and O–H groups in total. The van der Waals surface area contributed by atoms with Crippen molar-refractivity contribution < 1.29 is 4.79 Å². The lowest BCUT2D eigenvalue weighted by Gasteiger charge is -2.26. The van der Waals surface area contributed by atoms with E-state index in [9.17, 15) is 4.79 Å². The van der Waals surface area contributed by atoms with Gasteiger partial charge < -0.3 is 5.32 Å². The molecule has 2 rings (SSSR count). The molecule has 82 valence electrons. The average molecular weight is 224 g/mol. The maximum absolute atomic E-state index is 11.9. The fourth-order valence-corrected chi connectivity index (χ4v) is 2.66. The van der Waals surface area contributed by atoms with Gasteiger partial charge in [0.05, 0.1) is 11.4 Å². The summed E-state index contributed by atoms with van der Waals surface area (Å²) in [7, 11) is 0. The van der Waals surface area contributed by atoms with Crippen molar-refractivity contribution in [3.8, 4) is 0 Å². The van der Waals surface area contributed by atoms with Crippen molar-refractivity contribution in [2.45, 2.75) is 6.92 Å². The van der Waals surface area contributed by atoms with Gasteiger partial charge in [-0.2, -0.15) is 0 Å². The third kappa shape index (κ3) is 2.65. The Morgan fingerprint density at radius 1 is 1.53 bits per heavy atom. The molecule has 2 heterocycles. The Morgan fingerprint density at radius 2 is 2.27 bits per heavy atom. The first-order chi connectivity index (χ1) is 7.27. The van der Waals surface area contributed by atoms with Crippen LogP contribution in [0.4, 0.5) is 0 Å². The second kappa shape index (κ2) is 4.88. The number of hydrogen-bond acceptors (Lipinski definition) is 4. The van der Waals surface area contributed by atoms with Crippen molar-refractivity contribution in [1.82, 2.24) is 10.2 Å². The summed E-state index contributed by atoms with van der Waals surface area (Å²) < 4.78 is 0. The van der Waals surface area contributed by atoms with Crippen LogP contribution in [0, 0.1) is 6.92 Å². The van der Waals surface area contributed by atoms with Crippen molar-refractivity contribution in [2.75, 3.05) is 32.7 Å². The third-order valence-corrected chi connectivity index (χ3v) is 3.75. The zero-order valence-corrected chi connectivity index (χ0v) is 9.77. The van der Waals surface area contributed by atoms with E-state index in [2.05, 4.69) is 10.2 Å². The fraction of sp³-hybridized carbons (Fsp3) is 0.545. The monoisotopic (exact) mass is 224 g/mol. The molecule has 0 aromatic carbocycles. The van der Waals surface area contributed by atoms with Crippen LogP contribution in [0.2, 0.25) is 0 Å². The second-order valence-electron chi connectivity index (χ2n) is 3.88. The summed E-state index contributed by atoms with van der Waals surface area (Å²) in [6, 6.07) is 2.01. The van der Waals surface area contributed by atoms with Gasteiger partial charge in [0.15, 0.2) is 5.78 Å². The number of carbonyl (C=O) groups excluding carboxylic acids is 1. The third-order valence-electron chi connectivity index (χ3n) is 2.69. The molecule has 4 heteroatoms. The van der Waals surface area contributed by atoms with E-state index in [4.69, 9.17) is 0 Å². The van der Waals surface area contributed by atoms with Crippen LogP contribution in [0.3, 0.4) is 0 Å². The Hall–Kier alpha value is -0.710. The van der Waals surface area contributed by atoms with Gasteiger partial charge in [-0.1, -0.05) is 0 Å². The molecule has 0 bridgehead atoms. The summed E-state index contributed by atoms with van der Waals surface area (Å²) in [5.74, 6) is 0.268. The lowest BCUT2D eigenvalue weighted by Crippen LogP contribution is -2.45. The van der Waals surface area contributed by atoms with E-state index in [1.54, 1.807) is 11.3 Å². The molecule has 1 saturated heterocycles. The Kier molecular flexibility index (Phi) is 3.51. The van der Waals surface area contributed by atoms with Crippen molar-refractivity contribution in [2.24, 2.45) is 0 Å². The number of thiophene rings is 1. The maximum atomic E-state index is 11.9. The van der Waals surface area contributed by atoms with Gasteiger partial charge in [-0.3, -0.25) is 9.69 Å². The first-order valence-corrected chi connectivity index (χ1v) is 6.15. The quantitative estimate of drug-likeness (QED) is 0.782. The topological polar surface area (TPSA) is 32.3 Å². The van der Waals surface area contributed by atoms with Gasteiger partial charge in [0.25, 0.3) is 0 Å². The number of aryl methyl sites for hydroxylation is 1. The van der Waals surface area contributed by atoms with Crippen LogP contribution in [-0.4, -0.2) is 43.4 Å². The molecule has 0 radical (unpaired) electrons. The van der Waals surface area contributed by atoms with Crippen LogP contribution in [-0.2, 0) is 0 Å². The molecule has 3 nitrogen and oxygen atoms in total. The van der Waals surface area contributed by atoms with Crippen molar-refractivity contribution in [3.63, 3.8) is 0 Å². The SMILES string of the molecule is Cc1ccsc1C(=O)CN1CCNCC1. The van der Waals surface area contributed by atoms with Gasteiger partial charge in [0, 0.05) is 26.2 Å². The first-order valence-electron chi connectivity index (χ1n) is 5.28. The van der Waals surface area contributed by atoms with Crippen molar-refractivity contribution in [1.29, 1.82) is 0 Å². The molecule has 1 aliphatic heterocycles. The normalized spacial score (nSPS) is 17.9. The molecule has 1 aromatic rings. The van der Waals surface area contributed by atoms with Gasteiger partial charge in [0.1, 0.15) is 0 Å². The molecular weight excluding hydrogens is 208 g/mol. The number of nitrogens with one attached hydrogen (secondary N) is 1. The lowest BCUT2D eigenvalue weighted by molar-refractivity contribution is 0.0925. The summed E-state index contributed by atoms with van der Waals surface area (Å²) >= 11 is 1.55. The fourth-order valence-electron chi connectivity index (χ4n) is 1.80. The Labute approximate surface area is 94.1 Å². The van der Waals surface area contributed by atoms with Gasteiger partial charge in [-0.25, -0.2) is 0 Å². The molecule has 1 aliphatic rings. The molecular formula is C11H16N2OS. The molecule has 0 unspecified atom stereocenters. The molecule has 15 heavy (non-hydrogen) atoms. The number of nitrogens with zero attached hydrogens (tertiary/aromatic N) is 1. The highest BCUT2D eigenvalue weighted by atomic mass is 32.1. The van der Waals surface area contributed by atoms with E-state index in [-0.39, 0.29) is 5.78 Å². The van der Waals surface area contributed by atoms with Gasteiger partial charge >= 0.3 is 0 Å². The molecule has 0 aliphatic carbocycles. The summed E-state index contributed by atoms with van der Waals surface area (Å²) in [6.07, 6.45) is 0. The minimum atomic E-state index is 0.268.